The number of piperidine rings is 1. The number of rotatable bonds is 3. The van der Waals surface area contributed by atoms with E-state index >= 15 is 0 Å². The summed E-state index contributed by atoms with van der Waals surface area (Å²) in [4.78, 5) is 47.8. The van der Waals surface area contributed by atoms with E-state index in [9.17, 15) is 19.2 Å². The number of urea groups is 1. The van der Waals surface area contributed by atoms with E-state index in [1.165, 1.54) is 6.92 Å². The van der Waals surface area contributed by atoms with Gasteiger partial charge in [0.1, 0.15) is 5.54 Å². The summed E-state index contributed by atoms with van der Waals surface area (Å²) in [6.45, 7) is 3.74. The summed E-state index contributed by atoms with van der Waals surface area (Å²) < 4.78 is 0. The molecule has 21 heavy (non-hydrogen) atoms. The van der Waals surface area contributed by atoms with E-state index in [-0.39, 0.29) is 11.8 Å². The van der Waals surface area contributed by atoms with Gasteiger partial charge in [-0.2, -0.15) is 0 Å². The van der Waals surface area contributed by atoms with Gasteiger partial charge in [-0.25, -0.2) is 4.79 Å². The number of nitrogens with zero attached hydrogens (tertiary/aromatic N) is 1. The second-order valence-electron chi connectivity index (χ2n) is 5.73. The van der Waals surface area contributed by atoms with Crippen LogP contribution in [0.5, 0.6) is 0 Å². The number of hydrogen-bond donors (Lipinski definition) is 3. The lowest BCUT2D eigenvalue weighted by atomic mass is 9.86. The third kappa shape index (κ3) is 2.70. The number of hydrogen-bond acceptors (Lipinski definition) is 4. The lowest BCUT2D eigenvalue weighted by Crippen LogP contribution is -2.56. The summed E-state index contributed by atoms with van der Waals surface area (Å²) in [7, 11) is 0. The van der Waals surface area contributed by atoms with Crippen LogP contribution in [0, 0.1) is 11.8 Å². The molecule has 2 saturated heterocycles. The van der Waals surface area contributed by atoms with E-state index in [0.717, 1.165) is 0 Å². The van der Waals surface area contributed by atoms with Crippen molar-refractivity contribution in [2.24, 2.45) is 11.8 Å². The highest BCUT2D eigenvalue weighted by atomic mass is 16.4. The molecule has 2 aliphatic heterocycles. The lowest BCUT2D eigenvalue weighted by molar-refractivity contribution is -0.150. The number of carbonyl (C=O) groups is 4. The van der Waals surface area contributed by atoms with Crippen LogP contribution in [0.25, 0.3) is 0 Å². The van der Waals surface area contributed by atoms with Crippen LogP contribution in [0.2, 0.25) is 0 Å². The molecule has 8 nitrogen and oxygen atoms in total. The molecule has 2 atom stereocenters. The Morgan fingerprint density at radius 2 is 1.76 bits per heavy atom. The Kier molecular flexibility index (Phi) is 3.89. The van der Waals surface area contributed by atoms with Gasteiger partial charge in [0.2, 0.25) is 5.91 Å². The van der Waals surface area contributed by atoms with Crippen LogP contribution in [0.4, 0.5) is 4.79 Å². The number of aliphatic carboxylic acids is 1. The number of carboxylic acid groups (broad SMARTS) is 1. The van der Waals surface area contributed by atoms with Gasteiger partial charge in [-0.1, -0.05) is 13.8 Å². The molecular formula is C13H19N3O5. The Hall–Kier alpha value is -2.12. The van der Waals surface area contributed by atoms with Crippen LogP contribution in [-0.2, 0) is 14.4 Å². The topological polar surface area (TPSA) is 116 Å². The van der Waals surface area contributed by atoms with Gasteiger partial charge in [-0.05, 0) is 12.8 Å². The fourth-order valence-electron chi connectivity index (χ4n) is 2.70. The third-order valence-electron chi connectivity index (χ3n) is 4.47. The molecule has 2 aliphatic rings. The second kappa shape index (κ2) is 5.34. The predicted octanol–water partition coefficient (Wildman–Crippen LogP) is -0.456. The van der Waals surface area contributed by atoms with E-state index in [4.69, 9.17) is 5.11 Å². The first-order valence-corrected chi connectivity index (χ1v) is 6.92. The van der Waals surface area contributed by atoms with Crippen molar-refractivity contribution in [1.29, 1.82) is 0 Å². The van der Waals surface area contributed by atoms with E-state index < -0.39 is 29.4 Å². The van der Waals surface area contributed by atoms with Crippen molar-refractivity contribution in [3.05, 3.63) is 0 Å². The van der Waals surface area contributed by atoms with Crippen LogP contribution < -0.4 is 10.6 Å². The van der Waals surface area contributed by atoms with Crippen LogP contribution in [0.1, 0.15) is 26.7 Å². The fraction of sp³-hybridized carbons (Fsp3) is 0.692. The number of nitrogens with one attached hydrogen (secondary N) is 2. The molecule has 2 rings (SSSR count). The largest absolute Gasteiger partial charge is 0.481 e. The molecular weight excluding hydrogens is 278 g/mol. The maximum atomic E-state index is 12.3. The molecule has 2 heterocycles. The van der Waals surface area contributed by atoms with Crippen LogP contribution in [0.3, 0.4) is 0 Å². The standard InChI is InChI=1S/C13H19N3O5/c1-7(8(2)10(18)19)9(17)16-5-3-13(4-6-16)11(20)14-12(21)15-13/h7-8H,3-6H2,1-2H3,(H,18,19)(H2,14,15,20,21). The molecule has 116 valence electrons. The van der Waals surface area contributed by atoms with Gasteiger partial charge in [0, 0.05) is 19.0 Å². The van der Waals surface area contributed by atoms with Crippen molar-refractivity contribution in [3.8, 4) is 0 Å². The van der Waals surface area contributed by atoms with E-state index in [0.29, 0.717) is 25.9 Å². The maximum Gasteiger partial charge on any atom is 0.322 e. The molecule has 0 radical (unpaired) electrons. The van der Waals surface area contributed by atoms with Crippen LogP contribution >= 0.6 is 0 Å². The quantitative estimate of drug-likeness (QED) is 0.610. The van der Waals surface area contributed by atoms with Crippen molar-refractivity contribution >= 4 is 23.8 Å². The number of carbonyl (C=O) groups excluding carboxylic acids is 3. The molecule has 0 aliphatic carbocycles. The first kappa shape index (κ1) is 15.3. The molecule has 2 unspecified atom stereocenters. The Labute approximate surface area is 121 Å². The van der Waals surface area contributed by atoms with E-state index in [1.54, 1.807) is 11.8 Å². The second-order valence-corrected chi connectivity index (χ2v) is 5.73. The molecule has 1 spiro atoms. The normalized spacial score (nSPS) is 23.4. The minimum Gasteiger partial charge on any atom is -0.481 e. The molecule has 0 aromatic carbocycles. The van der Waals surface area contributed by atoms with Crippen molar-refractivity contribution in [1.82, 2.24) is 15.5 Å². The Balaban J connectivity index is 1.98. The number of amides is 4. The van der Waals surface area contributed by atoms with Gasteiger partial charge >= 0.3 is 12.0 Å². The van der Waals surface area contributed by atoms with Gasteiger partial charge in [0.15, 0.2) is 0 Å². The zero-order valence-electron chi connectivity index (χ0n) is 12.0. The maximum absolute atomic E-state index is 12.3. The van der Waals surface area contributed by atoms with Crippen molar-refractivity contribution in [2.75, 3.05) is 13.1 Å². The van der Waals surface area contributed by atoms with Crippen LogP contribution in [-0.4, -0.2) is 52.4 Å². The summed E-state index contributed by atoms with van der Waals surface area (Å²) in [5.74, 6) is -2.98. The predicted molar refractivity (Wildman–Crippen MR) is 71.2 cm³/mol. The number of carboxylic acids is 1. The minimum absolute atomic E-state index is 0.232. The van der Waals surface area contributed by atoms with Crippen molar-refractivity contribution in [2.45, 2.75) is 32.2 Å². The van der Waals surface area contributed by atoms with Gasteiger partial charge < -0.3 is 15.3 Å². The summed E-state index contributed by atoms with van der Waals surface area (Å²) in [5.41, 5.74) is -0.921. The Bertz CT molecular complexity index is 496. The SMILES string of the molecule is CC(C(=O)O)C(C)C(=O)N1CCC2(CC1)NC(=O)NC2=O. The number of likely N-dealkylation sites (tertiary alicyclic amines) is 1. The highest BCUT2D eigenvalue weighted by Gasteiger charge is 2.48. The molecule has 2 fully saturated rings. The average Bonchev–Trinajstić information content (AvgIpc) is 2.71. The van der Waals surface area contributed by atoms with E-state index in [2.05, 4.69) is 10.6 Å². The molecule has 3 N–H and O–H groups in total. The Morgan fingerprint density at radius 3 is 2.19 bits per heavy atom. The first-order chi connectivity index (χ1) is 9.77. The summed E-state index contributed by atoms with van der Waals surface area (Å²) in [6, 6.07) is -0.507. The molecule has 0 saturated carbocycles. The minimum atomic E-state index is -1.01. The highest BCUT2D eigenvalue weighted by Crippen LogP contribution is 2.27. The summed E-state index contributed by atoms with van der Waals surface area (Å²) >= 11 is 0. The zero-order chi connectivity index (χ0) is 15.8. The molecule has 0 bridgehead atoms. The smallest absolute Gasteiger partial charge is 0.322 e. The van der Waals surface area contributed by atoms with Gasteiger partial charge in [0.05, 0.1) is 5.92 Å². The molecule has 0 aromatic rings. The third-order valence-corrected chi connectivity index (χ3v) is 4.47. The monoisotopic (exact) mass is 297 g/mol. The van der Waals surface area contributed by atoms with Crippen LogP contribution in [0.15, 0.2) is 0 Å². The van der Waals surface area contributed by atoms with Crippen molar-refractivity contribution < 1.29 is 24.3 Å². The summed E-state index contributed by atoms with van der Waals surface area (Å²) in [6.07, 6.45) is 0.676. The van der Waals surface area contributed by atoms with Gasteiger partial charge in [-0.3, -0.25) is 19.7 Å². The van der Waals surface area contributed by atoms with Crippen molar-refractivity contribution in [3.63, 3.8) is 0 Å². The first-order valence-electron chi connectivity index (χ1n) is 6.92. The van der Waals surface area contributed by atoms with Gasteiger partial charge in [-0.15, -0.1) is 0 Å². The summed E-state index contributed by atoms with van der Waals surface area (Å²) in [5, 5.41) is 13.8. The van der Waals surface area contributed by atoms with E-state index in [1.807, 2.05) is 0 Å². The Morgan fingerprint density at radius 1 is 1.19 bits per heavy atom. The average molecular weight is 297 g/mol. The molecule has 0 aromatic heterocycles. The molecule has 8 heteroatoms. The lowest BCUT2D eigenvalue weighted by Gasteiger charge is -2.38. The fourth-order valence-corrected chi connectivity index (χ4v) is 2.70. The number of imide groups is 1. The highest BCUT2D eigenvalue weighted by molar-refractivity contribution is 6.07. The van der Waals surface area contributed by atoms with Gasteiger partial charge in [0.25, 0.3) is 5.91 Å². The zero-order valence-corrected chi connectivity index (χ0v) is 12.0. The molecule has 4 amide bonds.